The number of nitrogens with one attached hydrogen (secondary N) is 2. The number of alkyl halides is 1. The van der Waals surface area contributed by atoms with Crippen molar-refractivity contribution in [1.29, 1.82) is 0 Å². The second-order valence-corrected chi connectivity index (χ2v) is 8.08. The van der Waals surface area contributed by atoms with E-state index >= 15 is 0 Å². The summed E-state index contributed by atoms with van der Waals surface area (Å²) in [6.45, 7) is 4.14. The molecule has 0 saturated carbocycles. The average Bonchev–Trinajstić information content (AvgIpc) is 3.31. The lowest BCUT2D eigenvalue weighted by atomic mass is 9.75. The molecule has 2 N–H and O–H groups in total. The van der Waals surface area contributed by atoms with Crippen molar-refractivity contribution in [2.24, 2.45) is 5.92 Å². The molecule has 30 heavy (non-hydrogen) atoms. The lowest BCUT2D eigenvalue weighted by Crippen LogP contribution is -2.55. The molecule has 0 amide bonds. The molecule has 8 heteroatoms. The van der Waals surface area contributed by atoms with Crippen molar-refractivity contribution >= 4 is 5.57 Å². The molecule has 2 bridgehead atoms. The molecule has 3 aromatic rings. The van der Waals surface area contributed by atoms with Crippen LogP contribution < -0.4 is 10.7 Å². The van der Waals surface area contributed by atoms with Crippen molar-refractivity contribution in [3.63, 3.8) is 0 Å². The van der Waals surface area contributed by atoms with E-state index in [1.165, 1.54) is 6.07 Å². The number of pyridine rings is 1. The van der Waals surface area contributed by atoms with E-state index in [1.54, 1.807) is 41.6 Å². The fraction of sp³-hybridized carbons (Fsp3) is 0.364. The van der Waals surface area contributed by atoms with Crippen LogP contribution in [0.4, 0.5) is 4.39 Å². The van der Waals surface area contributed by atoms with Gasteiger partial charge in [0.25, 0.3) is 0 Å². The number of halogens is 1. The summed E-state index contributed by atoms with van der Waals surface area (Å²) in [6, 6.07) is 5.26. The molecule has 0 radical (unpaired) electrons. The SMILES string of the molecule is C=C(c1ccc(-c2c[nH]c(-n3ccnc3)cc2=O)nn1)[C@@H]1CC2CCCC(N2)[C@H]1F. The molecule has 0 aliphatic carbocycles. The quantitative estimate of drug-likeness (QED) is 0.696. The Morgan fingerprint density at radius 2 is 2.17 bits per heavy atom. The predicted octanol–water partition coefficient (Wildman–Crippen LogP) is 2.90. The summed E-state index contributed by atoms with van der Waals surface area (Å²) in [5.74, 6) is 0.365. The lowest BCUT2D eigenvalue weighted by Gasteiger charge is -2.43. The first kappa shape index (κ1) is 18.9. The van der Waals surface area contributed by atoms with Crippen LogP contribution >= 0.6 is 0 Å². The number of fused-ring (bicyclic) bond motifs is 2. The third kappa shape index (κ3) is 3.37. The smallest absolute Gasteiger partial charge is 0.193 e. The third-order valence-electron chi connectivity index (χ3n) is 6.22. The maximum absolute atomic E-state index is 15.0. The number of hydrogen-bond donors (Lipinski definition) is 2. The van der Waals surface area contributed by atoms with Gasteiger partial charge in [0.2, 0.25) is 0 Å². The van der Waals surface area contributed by atoms with Gasteiger partial charge < -0.3 is 10.3 Å². The maximum Gasteiger partial charge on any atom is 0.193 e. The Bertz CT molecular complexity index is 1110. The first-order valence-corrected chi connectivity index (χ1v) is 10.2. The summed E-state index contributed by atoms with van der Waals surface area (Å²) in [7, 11) is 0. The van der Waals surface area contributed by atoms with Crippen LogP contribution in [0.2, 0.25) is 0 Å². The third-order valence-corrected chi connectivity index (χ3v) is 6.22. The van der Waals surface area contributed by atoms with Gasteiger partial charge in [-0.3, -0.25) is 9.36 Å². The van der Waals surface area contributed by atoms with E-state index in [0.717, 1.165) is 25.7 Å². The number of piperidine rings is 2. The number of aromatic nitrogens is 5. The molecule has 2 aliphatic rings. The first-order valence-electron chi connectivity index (χ1n) is 10.2. The van der Waals surface area contributed by atoms with Gasteiger partial charge in [-0.05, 0) is 37.0 Å². The normalized spacial score (nSPS) is 25.8. The molecular formula is C22H23FN6O. The van der Waals surface area contributed by atoms with Crippen LogP contribution in [0.1, 0.15) is 31.4 Å². The summed E-state index contributed by atoms with van der Waals surface area (Å²) in [5, 5.41) is 11.9. The Morgan fingerprint density at radius 3 is 2.90 bits per heavy atom. The lowest BCUT2D eigenvalue weighted by molar-refractivity contribution is 0.0982. The van der Waals surface area contributed by atoms with Crippen molar-refractivity contribution < 1.29 is 4.39 Å². The van der Waals surface area contributed by atoms with E-state index in [-0.39, 0.29) is 17.4 Å². The number of aromatic amines is 1. The highest BCUT2D eigenvalue weighted by molar-refractivity contribution is 5.65. The Kier molecular flexibility index (Phi) is 4.78. The summed E-state index contributed by atoms with van der Waals surface area (Å²) in [6.07, 6.45) is 9.40. The number of hydrogen-bond acceptors (Lipinski definition) is 5. The average molecular weight is 406 g/mol. The Morgan fingerprint density at radius 1 is 1.27 bits per heavy atom. The van der Waals surface area contributed by atoms with Gasteiger partial charge in [0.1, 0.15) is 18.3 Å². The number of H-pyrrole nitrogens is 1. The van der Waals surface area contributed by atoms with Crippen LogP contribution in [0.15, 0.2) is 54.5 Å². The van der Waals surface area contributed by atoms with E-state index in [1.807, 2.05) is 0 Å². The van der Waals surface area contributed by atoms with Crippen molar-refractivity contribution in [3.8, 4) is 17.1 Å². The molecule has 154 valence electrons. The Labute approximate surface area is 173 Å². The first-order chi connectivity index (χ1) is 14.6. The minimum absolute atomic E-state index is 0.0981. The summed E-state index contributed by atoms with van der Waals surface area (Å²) < 4.78 is 16.7. The molecular weight excluding hydrogens is 383 g/mol. The largest absolute Gasteiger partial charge is 0.347 e. The summed E-state index contributed by atoms with van der Waals surface area (Å²) >= 11 is 0. The Balaban J connectivity index is 1.37. The van der Waals surface area contributed by atoms with Crippen LogP contribution in [0, 0.1) is 5.92 Å². The van der Waals surface area contributed by atoms with E-state index in [9.17, 15) is 9.18 Å². The summed E-state index contributed by atoms with van der Waals surface area (Å²) in [5.41, 5.74) is 1.97. The maximum atomic E-state index is 15.0. The van der Waals surface area contributed by atoms with Gasteiger partial charge in [-0.2, -0.15) is 5.10 Å². The monoisotopic (exact) mass is 406 g/mol. The van der Waals surface area contributed by atoms with Crippen LogP contribution in [0.25, 0.3) is 22.6 Å². The van der Waals surface area contributed by atoms with Crippen molar-refractivity contribution in [3.05, 3.63) is 65.6 Å². The Hall–Kier alpha value is -3.13. The van der Waals surface area contributed by atoms with Crippen LogP contribution in [-0.2, 0) is 0 Å². The topological polar surface area (TPSA) is 88.5 Å². The molecule has 5 rings (SSSR count). The molecule has 5 heterocycles. The van der Waals surface area contributed by atoms with E-state index in [4.69, 9.17) is 0 Å². The molecule has 3 aromatic heterocycles. The van der Waals surface area contributed by atoms with Crippen molar-refractivity contribution in [1.82, 2.24) is 30.0 Å². The van der Waals surface area contributed by atoms with E-state index in [0.29, 0.717) is 34.4 Å². The minimum atomic E-state index is -0.964. The molecule has 2 saturated heterocycles. The number of imidazole rings is 1. The molecule has 4 atom stereocenters. The molecule has 0 aromatic carbocycles. The molecule has 2 aliphatic heterocycles. The summed E-state index contributed by atoms with van der Waals surface area (Å²) in [4.78, 5) is 19.6. The molecule has 0 spiro atoms. The predicted molar refractivity (Wildman–Crippen MR) is 112 cm³/mol. The number of allylic oxidation sites excluding steroid dienone is 1. The molecule has 2 unspecified atom stereocenters. The highest BCUT2D eigenvalue weighted by Gasteiger charge is 2.41. The second kappa shape index (κ2) is 7.60. The fourth-order valence-corrected chi connectivity index (χ4v) is 4.59. The van der Waals surface area contributed by atoms with E-state index in [2.05, 4.69) is 32.1 Å². The highest BCUT2D eigenvalue weighted by Crippen LogP contribution is 2.38. The molecule has 7 nitrogen and oxygen atoms in total. The zero-order chi connectivity index (χ0) is 20.7. The minimum Gasteiger partial charge on any atom is -0.347 e. The van der Waals surface area contributed by atoms with Crippen molar-refractivity contribution in [2.75, 3.05) is 0 Å². The van der Waals surface area contributed by atoms with Gasteiger partial charge in [0.05, 0.1) is 17.0 Å². The zero-order valence-corrected chi connectivity index (χ0v) is 16.5. The number of rotatable bonds is 4. The van der Waals surface area contributed by atoms with Crippen LogP contribution in [-0.4, -0.2) is 43.0 Å². The van der Waals surface area contributed by atoms with Gasteiger partial charge >= 0.3 is 0 Å². The number of nitrogens with zero attached hydrogens (tertiary/aromatic N) is 4. The van der Waals surface area contributed by atoms with Gasteiger partial charge in [-0.25, -0.2) is 9.37 Å². The van der Waals surface area contributed by atoms with E-state index < -0.39 is 6.17 Å². The van der Waals surface area contributed by atoms with Crippen LogP contribution in [0.5, 0.6) is 0 Å². The van der Waals surface area contributed by atoms with Gasteiger partial charge in [0, 0.05) is 42.7 Å². The fourth-order valence-electron chi connectivity index (χ4n) is 4.59. The zero-order valence-electron chi connectivity index (χ0n) is 16.5. The van der Waals surface area contributed by atoms with Gasteiger partial charge in [-0.1, -0.05) is 13.0 Å². The second-order valence-electron chi connectivity index (χ2n) is 8.08. The highest BCUT2D eigenvalue weighted by atomic mass is 19.1. The molecule has 2 fully saturated rings. The van der Waals surface area contributed by atoms with Gasteiger partial charge in [0.15, 0.2) is 5.43 Å². The standard InChI is InChI=1S/C22H23FN6O/c1-13(15-9-14-3-2-4-19(26-14)22(15)23)17-5-6-18(28-27-17)16-11-25-21(10-20(16)30)29-8-7-24-12-29/h5-8,10-12,14-15,19,22,26H,1-4,9H2,(H,25,30)/t14?,15-,19?,22-/m0/s1. The van der Waals surface area contributed by atoms with Crippen LogP contribution in [0.3, 0.4) is 0 Å². The van der Waals surface area contributed by atoms with Gasteiger partial charge in [-0.15, -0.1) is 5.10 Å². The van der Waals surface area contributed by atoms with Crippen molar-refractivity contribution in [2.45, 2.75) is 43.9 Å².